The Morgan fingerprint density at radius 3 is 2.77 bits per heavy atom. The van der Waals surface area contributed by atoms with E-state index in [1.165, 1.54) is 21.4 Å². The van der Waals surface area contributed by atoms with E-state index in [1.807, 2.05) is 0 Å². The number of aryl methyl sites for hydroxylation is 2. The lowest BCUT2D eigenvalue weighted by molar-refractivity contribution is 0.475. The summed E-state index contributed by atoms with van der Waals surface area (Å²) in [6, 6.07) is 6.59. The van der Waals surface area contributed by atoms with Gasteiger partial charge in [-0.3, -0.25) is 13.9 Å². The largest absolute Gasteiger partial charge is 0.508 e. The number of benzene rings is 1. The van der Waals surface area contributed by atoms with Crippen molar-refractivity contribution in [3.8, 4) is 5.75 Å². The van der Waals surface area contributed by atoms with E-state index in [2.05, 4.69) is 22.1 Å². The average Bonchev–Trinajstić information content (AvgIpc) is 2.94. The summed E-state index contributed by atoms with van der Waals surface area (Å²) >= 11 is 0. The molecule has 0 amide bonds. The van der Waals surface area contributed by atoms with E-state index in [1.54, 1.807) is 38.4 Å². The molecule has 0 aliphatic heterocycles. The molecule has 2 N–H and O–H groups in total. The molecule has 0 saturated carbocycles. The maximum Gasteiger partial charge on any atom is 0.332 e. The maximum absolute atomic E-state index is 12.6. The number of anilines is 1. The highest BCUT2D eigenvalue weighted by Crippen LogP contribution is 2.13. The zero-order valence-corrected chi connectivity index (χ0v) is 14.4. The number of hydrogen-bond acceptors (Lipinski definition) is 6. The van der Waals surface area contributed by atoms with Crippen molar-refractivity contribution in [3.63, 3.8) is 0 Å². The van der Waals surface area contributed by atoms with Crippen LogP contribution in [0.3, 0.4) is 0 Å². The van der Waals surface area contributed by atoms with Crippen molar-refractivity contribution in [1.29, 1.82) is 0 Å². The molecular formula is C17H18N6O3. The third-order valence-corrected chi connectivity index (χ3v) is 3.92. The third kappa shape index (κ3) is 2.90. The van der Waals surface area contributed by atoms with Crippen molar-refractivity contribution in [3.05, 3.63) is 63.3 Å². The van der Waals surface area contributed by atoms with Crippen LogP contribution in [-0.2, 0) is 20.6 Å². The lowest BCUT2D eigenvalue weighted by atomic mass is 10.2. The summed E-state index contributed by atoms with van der Waals surface area (Å²) < 4.78 is 3.94. The number of nitrogens with one attached hydrogen (secondary N) is 1. The molecule has 1 aromatic carbocycles. The molecule has 3 aromatic rings. The SMILES string of the molecule is C=CCn1c(=O)c2c(nc(NN=Cc3cccc(O)c3)n2C)n(C)c1=O. The molecule has 0 bridgehead atoms. The molecule has 26 heavy (non-hydrogen) atoms. The van der Waals surface area contributed by atoms with Crippen LogP contribution in [0.15, 0.2) is 51.6 Å². The van der Waals surface area contributed by atoms with Gasteiger partial charge in [0.2, 0.25) is 5.95 Å². The minimum absolute atomic E-state index is 0.116. The second-order valence-electron chi connectivity index (χ2n) is 5.68. The molecule has 0 spiro atoms. The fourth-order valence-electron chi connectivity index (χ4n) is 2.60. The molecule has 0 unspecified atom stereocenters. The van der Waals surface area contributed by atoms with E-state index >= 15 is 0 Å². The number of nitrogens with zero attached hydrogens (tertiary/aromatic N) is 5. The minimum atomic E-state index is -0.463. The Labute approximate surface area is 148 Å². The molecule has 134 valence electrons. The minimum Gasteiger partial charge on any atom is -0.508 e. The lowest BCUT2D eigenvalue weighted by Crippen LogP contribution is -2.39. The molecule has 2 aromatic heterocycles. The first-order valence-corrected chi connectivity index (χ1v) is 7.79. The van der Waals surface area contributed by atoms with Crippen LogP contribution < -0.4 is 16.7 Å². The Hall–Kier alpha value is -3.62. The van der Waals surface area contributed by atoms with Gasteiger partial charge in [-0.25, -0.2) is 10.2 Å². The number of rotatable bonds is 5. The van der Waals surface area contributed by atoms with Gasteiger partial charge in [0.05, 0.1) is 6.21 Å². The van der Waals surface area contributed by atoms with Gasteiger partial charge in [0, 0.05) is 20.6 Å². The Kier molecular flexibility index (Phi) is 4.44. The fraction of sp³-hybridized carbons (Fsp3) is 0.176. The predicted octanol–water partition coefficient (Wildman–Crippen LogP) is 0.771. The first-order valence-electron chi connectivity index (χ1n) is 7.79. The van der Waals surface area contributed by atoms with Gasteiger partial charge in [0.15, 0.2) is 11.2 Å². The van der Waals surface area contributed by atoms with Crippen LogP contribution in [0.5, 0.6) is 5.75 Å². The first kappa shape index (κ1) is 17.2. The summed E-state index contributed by atoms with van der Waals surface area (Å²) in [7, 11) is 3.21. The van der Waals surface area contributed by atoms with Gasteiger partial charge in [-0.1, -0.05) is 18.2 Å². The van der Waals surface area contributed by atoms with E-state index in [0.29, 0.717) is 11.5 Å². The molecule has 0 aliphatic carbocycles. The summed E-state index contributed by atoms with van der Waals surface area (Å²) in [5.74, 6) is 0.439. The number of phenols is 1. The van der Waals surface area contributed by atoms with Crippen LogP contribution in [0.2, 0.25) is 0 Å². The number of aromatic nitrogens is 4. The molecule has 0 atom stereocenters. The topological polar surface area (TPSA) is 106 Å². The quantitative estimate of drug-likeness (QED) is 0.400. The smallest absolute Gasteiger partial charge is 0.332 e. The molecule has 0 fully saturated rings. The van der Waals surface area contributed by atoms with E-state index in [9.17, 15) is 14.7 Å². The normalized spacial score (nSPS) is 11.3. The van der Waals surface area contributed by atoms with Crippen molar-refractivity contribution in [1.82, 2.24) is 18.7 Å². The van der Waals surface area contributed by atoms with Gasteiger partial charge < -0.3 is 9.67 Å². The summed E-state index contributed by atoms with van der Waals surface area (Å²) in [5, 5.41) is 13.5. The van der Waals surface area contributed by atoms with E-state index in [-0.39, 0.29) is 23.5 Å². The third-order valence-electron chi connectivity index (χ3n) is 3.92. The standard InChI is InChI=1S/C17H18N6O3/c1-4-8-23-15(25)13-14(22(3)17(23)26)19-16(21(13)2)20-18-10-11-6-5-7-12(24)9-11/h4-7,9-10,24H,1,8H2,2-3H3,(H,19,20). The number of imidazole rings is 1. The van der Waals surface area contributed by atoms with Crippen LogP contribution in [0.25, 0.3) is 11.2 Å². The number of aromatic hydroxyl groups is 1. The highest BCUT2D eigenvalue weighted by Gasteiger charge is 2.17. The van der Waals surface area contributed by atoms with Crippen LogP contribution in [0.1, 0.15) is 5.56 Å². The van der Waals surface area contributed by atoms with Crippen molar-refractivity contribution in [2.75, 3.05) is 5.43 Å². The second-order valence-corrected chi connectivity index (χ2v) is 5.68. The Morgan fingerprint density at radius 1 is 1.31 bits per heavy atom. The van der Waals surface area contributed by atoms with E-state index in [4.69, 9.17) is 0 Å². The molecule has 9 nitrogen and oxygen atoms in total. The number of fused-ring (bicyclic) bond motifs is 1. The second kappa shape index (κ2) is 6.71. The molecule has 0 radical (unpaired) electrons. The summed E-state index contributed by atoms with van der Waals surface area (Å²) in [6.07, 6.45) is 3.00. The maximum atomic E-state index is 12.6. The number of hydrogen-bond donors (Lipinski definition) is 2. The Balaban J connectivity index is 2.03. The molecular weight excluding hydrogens is 336 g/mol. The molecule has 9 heteroatoms. The van der Waals surface area contributed by atoms with Gasteiger partial charge in [-0.15, -0.1) is 6.58 Å². The highest BCUT2D eigenvalue weighted by molar-refractivity contribution is 5.81. The number of allylic oxidation sites excluding steroid dienone is 1. The molecule has 2 heterocycles. The van der Waals surface area contributed by atoms with Gasteiger partial charge in [0.1, 0.15) is 5.75 Å². The molecule has 0 aliphatic rings. The lowest BCUT2D eigenvalue weighted by Gasteiger charge is -2.06. The van der Waals surface area contributed by atoms with Crippen LogP contribution in [0, 0.1) is 0 Å². The van der Waals surface area contributed by atoms with Crippen LogP contribution in [0.4, 0.5) is 5.95 Å². The van der Waals surface area contributed by atoms with Gasteiger partial charge in [-0.2, -0.15) is 10.1 Å². The van der Waals surface area contributed by atoms with Gasteiger partial charge >= 0.3 is 5.69 Å². The fourth-order valence-corrected chi connectivity index (χ4v) is 2.60. The average molecular weight is 354 g/mol. The monoisotopic (exact) mass is 354 g/mol. The highest BCUT2D eigenvalue weighted by atomic mass is 16.3. The predicted molar refractivity (Wildman–Crippen MR) is 99.7 cm³/mol. The number of hydrazone groups is 1. The Morgan fingerprint density at radius 2 is 2.08 bits per heavy atom. The van der Waals surface area contributed by atoms with Crippen molar-refractivity contribution >= 4 is 23.3 Å². The van der Waals surface area contributed by atoms with Crippen molar-refractivity contribution < 1.29 is 5.11 Å². The van der Waals surface area contributed by atoms with E-state index < -0.39 is 11.2 Å². The van der Waals surface area contributed by atoms with Crippen molar-refractivity contribution in [2.24, 2.45) is 19.2 Å². The zero-order chi connectivity index (χ0) is 18.8. The van der Waals surface area contributed by atoms with Crippen molar-refractivity contribution in [2.45, 2.75) is 6.54 Å². The number of phenolic OH excluding ortho intramolecular Hbond substituents is 1. The molecule has 0 saturated heterocycles. The summed E-state index contributed by atoms with van der Waals surface area (Å²) in [4.78, 5) is 29.2. The van der Waals surface area contributed by atoms with Gasteiger partial charge in [-0.05, 0) is 17.7 Å². The zero-order valence-electron chi connectivity index (χ0n) is 14.4. The first-order chi connectivity index (χ1) is 12.4. The Bertz CT molecular complexity index is 1140. The van der Waals surface area contributed by atoms with E-state index in [0.717, 1.165) is 4.57 Å². The summed E-state index contributed by atoms with van der Waals surface area (Å²) in [5.41, 5.74) is 3.08. The summed E-state index contributed by atoms with van der Waals surface area (Å²) in [6.45, 7) is 3.69. The van der Waals surface area contributed by atoms with Gasteiger partial charge in [0.25, 0.3) is 5.56 Å². The molecule has 3 rings (SSSR count). The van der Waals surface area contributed by atoms with Crippen LogP contribution >= 0.6 is 0 Å². The van der Waals surface area contributed by atoms with Crippen LogP contribution in [-0.4, -0.2) is 30.0 Å².